The van der Waals surface area contributed by atoms with Crippen LogP contribution in [0, 0.1) is 12.8 Å². The number of carbonyl (C=O) groups excluding carboxylic acids is 2. The van der Waals surface area contributed by atoms with Crippen molar-refractivity contribution < 1.29 is 9.59 Å². The maximum Gasteiger partial charge on any atom is 0.249 e. The van der Waals surface area contributed by atoms with Gasteiger partial charge in [-0.15, -0.1) is 10.2 Å². The number of nitrogens with zero attached hydrogens (tertiary/aromatic N) is 2. The highest BCUT2D eigenvalue weighted by molar-refractivity contribution is 7.18. The molecule has 24 heavy (non-hydrogen) atoms. The van der Waals surface area contributed by atoms with E-state index >= 15 is 0 Å². The first kappa shape index (κ1) is 18.1. The standard InChI is InChI=1S/C17H22N4O2S/c1-5-11(3)14(18-12(4)22)15(23)19-17-21-20-16(24-17)13-8-6-10(2)7-9-13/h6-9,11,14H,5H2,1-4H3,(H,18,22)(H,19,21,23). The summed E-state index contributed by atoms with van der Waals surface area (Å²) >= 11 is 1.31. The van der Waals surface area contributed by atoms with Crippen molar-refractivity contribution in [1.29, 1.82) is 0 Å². The topological polar surface area (TPSA) is 84.0 Å². The first-order valence-corrected chi connectivity index (χ1v) is 8.70. The van der Waals surface area contributed by atoms with Gasteiger partial charge in [0.05, 0.1) is 0 Å². The molecule has 0 aliphatic carbocycles. The van der Waals surface area contributed by atoms with E-state index in [2.05, 4.69) is 20.8 Å². The monoisotopic (exact) mass is 346 g/mol. The van der Waals surface area contributed by atoms with E-state index in [9.17, 15) is 9.59 Å². The lowest BCUT2D eigenvalue weighted by Crippen LogP contribution is -2.46. The van der Waals surface area contributed by atoms with Gasteiger partial charge in [0.1, 0.15) is 11.0 Å². The molecule has 0 fully saturated rings. The van der Waals surface area contributed by atoms with Gasteiger partial charge in [-0.3, -0.25) is 14.9 Å². The first-order valence-electron chi connectivity index (χ1n) is 7.89. The Kier molecular flexibility index (Phi) is 6.03. The molecule has 2 rings (SSSR count). The van der Waals surface area contributed by atoms with Crippen LogP contribution in [0.25, 0.3) is 10.6 Å². The molecule has 7 heteroatoms. The van der Waals surface area contributed by atoms with Crippen molar-refractivity contribution in [2.24, 2.45) is 5.92 Å². The van der Waals surface area contributed by atoms with E-state index in [1.54, 1.807) is 0 Å². The number of hydrogen-bond acceptors (Lipinski definition) is 5. The second kappa shape index (κ2) is 8.01. The summed E-state index contributed by atoms with van der Waals surface area (Å²) < 4.78 is 0. The molecule has 2 unspecified atom stereocenters. The summed E-state index contributed by atoms with van der Waals surface area (Å²) in [5.74, 6) is -0.474. The van der Waals surface area contributed by atoms with Gasteiger partial charge in [-0.1, -0.05) is 61.4 Å². The van der Waals surface area contributed by atoms with Crippen LogP contribution in [0.3, 0.4) is 0 Å². The minimum Gasteiger partial charge on any atom is -0.344 e. The van der Waals surface area contributed by atoms with Gasteiger partial charge in [-0.2, -0.15) is 0 Å². The molecular weight excluding hydrogens is 324 g/mol. The van der Waals surface area contributed by atoms with E-state index in [1.807, 2.05) is 45.0 Å². The van der Waals surface area contributed by atoms with Crippen molar-refractivity contribution in [2.45, 2.75) is 40.2 Å². The predicted octanol–water partition coefficient (Wildman–Crippen LogP) is 3.00. The lowest BCUT2D eigenvalue weighted by Gasteiger charge is -2.22. The van der Waals surface area contributed by atoms with Gasteiger partial charge in [-0.05, 0) is 12.8 Å². The molecule has 0 saturated carbocycles. The number of rotatable bonds is 6. The van der Waals surface area contributed by atoms with Crippen LogP contribution in [0.1, 0.15) is 32.8 Å². The third-order valence-corrected chi connectivity index (χ3v) is 4.70. The highest BCUT2D eigenvalue weighted by Crippen LogP contribution is 2.26. The smallest absolute Gasteiger partial charge is 0.249 e. The lowest BCUT2D eigenvalue weighted by atomic mass is 9.98. The molecule has 6 nitrogen and oxygen atoms in total. The number of nitrogens with one attached hydrogen (secondary N) is 2. The van der Waals surface area contributed by atoms with Crippen LogP contribution in [0.4, 0.5) is 5.13 Å². The number of benzene rings is 1. The molecule has 1 aromatic carbocycles. The summed E-state index contributed by atoms with van der Waals surface area (Å²) in [6, 6.07) is 7.37. The van der Waals surface area contributed by atoms with Crippen molar-refractivity contribution in [2.75, 3.05) is 5.32 Å². The average molecular weight is 346 g/mol. The van der Waals surface area contributed by atoms with E-state index in [0.717, 1.165) is 17.0 Å². The fourth-order valence-electron chi connectivity index (χ4n) is 2.19. The van der Waals surface area contributed by atoms with Gasteiger partial charge < -0.3 is 5.32 Å². The van der Waals surface area contributed by atoms with Crippen molar-refractivity contribution in [3.8, 4) is 10.6 Å². The number of hydrogen-bond donors (Lipinski definition) is 2. The molecule has 0 spiro atoms. The molecule has 128 valence electrons. The largest absolute Gasteiger partial charge is 0.344 e. The molecule has 1 aromatic heterocycles. The van der Waals surface area contributed by atoms with Gasteiger partial charge in [0.25, 0.3) is 0 Å². The Hall–Kier alpha value is -2.28. The molecule has 2 N–H and O–H groups in total. The van der Waals surface area contributed by atoms with Crippen LogP contribution in [0.5, 0.6) is 0 Å². The fourth-order valence-corrected chi connectivity index (χ4v) is 2.94. The summed E-state index contributed by atoms with van der Waals surface area (Å²) in [4.78, 5) is 23.8. The molecule has 0 radical (unpaired) electrons. The van der Waals surface area contributed by atoms with Crippen molar-refractivity contribution in [1.82, 2.24) is 15.5 Å². The fraction of sp³-hybridized carbons (Fsp3) is 0.412. The normalized spacial score (nSPS) is 13.2. The third kappa shape index (κ3) is 4.61. The quantitative estimate of drug-likeness (QED) is 0.842. The Labute approximate surface area is 145 Å². The Morgan fingerprint density at radius 1 is 1.21 bits per heavy atom. The maximum atomic E-state index is 12.5. The maximum absolute atomic E-state index is 12.5. The Morgan fingerprint density at radius 2 is 1.88 bits per heavy atom. The number of carbonyl (C=O) groups is 2. The zero-order valence-electron chi connectivity index (χ0n) is 14.3. The second-order valence-electron chi connectivity index (χ2n) is 5.83. The van der Waals surface area contributed by atoms with Gasteiger partial charge in [-0.25, -0.2) is 0 Å². The minimum absolute atomic E-state index is 0.0263. The summed E-state index contributed by atoms with van der Waals surface area (Å²) in [5, 5.41) is 14.8. The Bertz CT molecular complexity index is 712. The van der Waals surface area contributed by atoms with Crippen LogP contribution in [-0.4, -0.2) is 28.1 Å². The van der Waals surface area contributed by atoms with Gasteiger partial charge in [0, 0.05) is 12.5 Å². The van der Waals surface area contributed by atoms with E-state index in [-0.39, 0.29) is 17.7 Å². The molecule has 0 aliphatic heterocycles. The number of amides is 2. The van der Waals surface area contributed by atoms with E-state index in [1.165, 1.54) is 23.8 Å². The molecule has 2 aromatic rings. The van der Waals surface area contributed by atoms with E-state index < -0.39 is 6.04 Å². The van der Waals surface area contributed by atoms with Gasteiger partial charge in [0.15, 0.2) is 0 Å². The number of aromatic nitrogens is 2. The summed E-state index contributed by atoms with van der Waals surface area (Å²) in [6.07, 6.45) is 0.781. The highest BCUT2D eigenvalue weighted by atomic mass is 32.1. The molecule has 2 atom stereocenters. The first-order chi connectivity index (χ1) is 11.4. The highest BCUT2D eigenvalue weighted by Gasteiger charge is 2.25. The molecule has 2 amide bonds. The zero-order valence-corrected chi connectivity index (χ0v) is 15.1. The van der Waals surface area contributed by atoms with E-state index in [4.69, 9.17) is 0 Å². The predicted molar refractivity (Wildman–Crippen MR) is 95.8 cm³/mol. The average Bonchev–Trinajstić information content (AvgIpc) is 3.00. The van der Waals surface area contributed by atoms with Crippen LogP contribution in [0.15, 0.2) is 24.3 Å². The summed E-state index contributed by atoms with van der Waals surface area (Å²) in [6.45, 7) is 7.33. The number of aryl methyl sites for hydroxylation is 1. The zero-order chi connectivity index (χ0) is 17.7. The van der Waals surface area contributed by atoms with Gasteiger partial charge >= 0.3 is 0 Å². The minimum atomic E-state index is -0.584. The molecular formula is C17H22N4O2S. The molecule has 0 bridgehead atoms. The molecule has 1 heterocycles. The second-order valence-corrected chi connectivity index (χ2v) is 6.81. The van der Waals surface area contributed by atoms with Crippen LogP contribution in [-0.2, 0) is 9.59 Å². The Morgan fingerprint density at radius 3 is 2.46 bits per heavy atom. The van der Waals surface area contributed by atoms with Crippen LogP contribution >= 0.6 is 11.3 Å². The Balaban J connectivity index is 2.11. The van der Waals surface area contributed by atoms with Crippen molar-refractivity contribution in [3.05, 3.63) is 29.8 Å². The van der Waals surface area contributed by atoms with Crippen molar-refractivity contribution in [3.63, 3.8) is 0 Å². The number of anilines is 1. The molecule has 0 aliphatic rings. The van der Waals surface area contributed by atoms with Crippen LogP contribution < -0.4 is 10.6 Å². The van der Waals surface area contributed by atoms with Crippen LogP contribution in [0.2, 0.25) is 0 Å². The third-order valence-electron chi connectivity index (χ3n) is 3.81. The lowest BCUT2D eigenvalue weighted by molar-refractivity contribution is -0.126. The van der Waals surface area contributed by atoms with Crippen molar-refractivity contribution >= 4 is 28.3 Å². The molecule has 0 saturated heterocycles. The van der Waals surface area contributed by atoms with Gasteiger partial charge in [0.2, 0.25) is 16.9 Å². The SMILES string of the molecule is CCC(C)C(NC(C)=O)C(=O)Nc1nnc(-c2ccc(C)cc2)s1. The summed E-state index contributed by atoms with van der Waals surface area (Å²) in [5.41, 5.74) is 2.13. The van der Waals surface area contributed by atoms with E-state index in [0.29, 0.717) is 5.13 Å². The summed E-state index contributed by atoms with van der Waals surface area (Å²) in [7, 11) is 0.